The lowest BCUT2D eigenvalue weighted by Crippen LogP contribution is -2.15. The van der Waals surface area contributed by atoms with Crippen LogP contribution in [0.1, 0.15) is 51.6 Å². The maximum absolute atomic E-state index is 13.1. The van der Waals surface area contributed by atoms with Crippen molar-refractivity contribution in [3.8, 4) is 22.6 Å². The van der Waals surface area contributed by atoms with Gasteiger partial charge in [-0.2, -0.15) is 0 Å². The number of rotatable bonds is 7. The number of hydrogen-bond donors (Lipinski definition) is 1. The Balaban J connectivity index is 1.70. The van der Waals surface area contributed by atoms with Gasteiger partial charge in [0.1, 0.15) is 22.1 Å². The molecule has 0 radical (unpaired) electrons. The van der Waals surface area contributed by atoms with Gasteiger partial charge in [-0.05, 0) is 61.4 Å². The first kappa shape index (κ1) is 22.9. The van der Waals surface area contributed by atoms with E-state index in [2.05, 4.69) is 17.4 Å². The molecule has 4 rings (SSSR count). The summed E-state index contributed by atoms with van der Waals surface area (Å²) in [5, 5.41) is 5.24. The average molecular weight is 466 g/mol. The number of methoxy groups -OCH3 is 2. The van der Waals surface area contributed by atoms with Gasteiger partial charge in [0.2, 0.25) is 0 Å². The highest BCUT2D eigenvalue weighted by atomic mass is 32.1. The number of aryl methyl sites for hydroxylation is 2. The largest absolute Gasteiger partial charge is 0.497 e. The predicted octanol–water partition coefficient (Wildman–Crippen LogP) is 5.74. The third kappa shape index (κ3) is 4.88. The monoisotopic (exact) mass is 465 g/mol. The van der Waals surface area contributed by atoms with Crippen LogP contribution in [0.15, 0.2) is 41.8 Å². The molecule has 1 aromatic heterocycles. The van der Waals surface area contributed by atoms with Crippen LogP contribution < -0.4 is 14.8 Å². The van der Waals surface area contributed by atoms with Crippen LogP contribution in [-0.2, 0) is 17.6 Å². The van der Waals surface area contributed by atoms with E-state index in [9.17, 15) is 9.59 Å². The summed E-state index contributed by atoms with van der Waals surface area (Å²) < 4.78 is 15.9. The number of amides is 1. The topological polar surface area (TPSA) is 73.9 Å². The number of anilines is 1. The Morgan fingerprint density at radius 2 is 1.67 bits per heavy atom. The van der Waals surface area contributed by atoms with E-state index in [1.165, 1.54) is 49.5 Å². The smallest absolute Gasteiger partial charge is 0.341 e. The number of fused-ring (bicyclic) bond motifs is 1. The minimum atomic E-state index is -0.454. The Kier molecular flexibility index (Phi) is 6.99. The first-order valence-electron chi connectivity index (χ1n) is 11.0. The Morgan fingerprint density at radius 3 is 2.33 bits per heavy atom. The molecule has 0 bridgehead atoms. The molecule has 1 heterocycles. The summed E-state index contributed by atoms with van der Waals surface area (Å²) in [6.45, 7) is 2.02. The van der Waals surface area contributed by atoms with Crippen molar-refractivity contribution in [1.29, 1.82) is 0 Å². The average Bonchev–Trinajstić information content (AvgIpc) is 3.27. The molecule has 0 spiro atoms. The number of ether oxygens (including phenoxy) is 3. The number of hydrogen-bond acceptors (Lipinski definition) is 6. The number of nitrogens with one attached hydrogen (secondary N) is 1. The van der Waals surface area contributed by atoms with E-state index in [1.54, 1.807) is 25.1 Å². The summed E-state index contributed by atoms with van der Waals surface area (Å²) in [6.07, 6.45) is 4.53. The minimum absolute atomic E-state index is 0.249. The van der Waals surface area contributed by atoms with Crippen molar-refractivity contribution in [3.05, 3.63) is 64.0 Å². The fourth-order valence-electron chi connectivity index (χ4n) is 4.08. The van der Waals surface area contributed by atoms with Gasteiger partial charge >= 0.3 is 5.97 Å². The van der Waals surface area contributed by atoms with Gasteiger partial charge in [0, 0.05) is 22.6 Å². The number of carbonyl (C=O) groups excluding carboxylic acids is 2. The van der Waals surface area contributed by atoms with Crippen molar-refractivity contribution in [2.24, 2.45) is 0 Å². The summed E-state index contributed by atoms with van der Waals surface area (Å²) in [5.41, 5.74) is 5.17. The predicted molar refractivity (Wildman–Crippen MR) is 130 cm³/mol. The molecule has 0 fully saturated rings. The maximum Gasteiger partial charge on any atom is 0.341 e. The van der Waals surface area contributed by atoms with Gasteiger partial charge in [0.15, 0.2) is 0 Å². The van der Waals surface area contributed by atoms with Crippen LogP contribution in [0.25, 0.3) is 11.1 Å². The van der Waals surface area contributed by atoms with E-state index in [1.807, 2.05) is 11.4 Å². The molecular formula is C26H27NO5S. The van der Waals surface area contributed by atoms with Crippen LogP contribution in [0.4, 0.5) is 5.00 Å². The van der Waals surface area contributed by atoms with Crippen molar-refractivity contribution < 1.29 is 23.8 Å². The quantitative estimate of drug-likeness (QED) is 0.451. The van der Waals surface area contributed by atoms with Gasteiger partial charge in [-0.1, -0.05) is 18.2 Å². The molecule has 1 aliphatic carbocycles. The van der Waals surface area contributed by atoms with Crippen molar-refractivity contribution in [2.75, 3.05) is 26.1 Å². The molecule has 0 unspecified atom stereocenters. The van der Waals surface area contributed by atoms with Crippen LogP contribution in [0.2, 0.25) is 0 Å². The number of thiophene rings is 1. The van der Waals surface area contributed by atoms with E-state index < -0.39 is 5.97 Å². The normalized spacial score (nSPS) is 12.6. The van der Waals surface area contributed by atoms with Crippen molar-refractivity contribution in [3.63, 3.8) is 0 Å². The lowest BCUT2D eigenvalue weighted by atomic mass is 9.89. The maximum atomic E-state index is 13.1. The highest BCUT2D eigenvalue weighted by Crippen LogP contribution is 2.38. The molecule has 6 nitrogen and oxygen atoms in total. The first-order chi connectivity index (χ1) is 16.0. The molecule has 33 heavy (non-hydrogen) atoms. The van der Waals surface area contributed by atoms with Crippen molar-refractivity contribution in [2.45, 2.75) is 32.6 Å². The van der Waals surface area contributed by atoms with Crippen LogP contribution >= 0.6 is 11.3 Å². The summed E-state index contributed by atoms with van der Waals surface area (Å²) >= 11 is 1.31. The molecule has 1 N–H and O–H groups in total. The molecule has 3 aromatic rings. The fraction of sp³-hybridized carbons (Fsp3) is 0.308. The zero-order valence-corrected chi connectivity index (χ0v) is 19.8. The van der Waals surface area contributed by atoms with Crippen LogP contribution in [0.3, 0.4) is 0 Å². The lowest BCUT2D eigenvalue weighted by Gasteiger charge is -2.17. The van der Waals surface area contributed by atoms with Gasteiger partial charge in [-0.25, -0.2) is 4.79 Å². The van der Waals surface area contributed by atoms with E-state index in [0.29, 0.717) is 27.6 Å². The summed E-state index contributed by atoms with van der Waals surface area (Å²) in [7, 11) is 3.05. The number of carbonyl (C=O) groups is 2. The first-order valence-corrected chi connectivity index (χ1v) is 11.9. The molecule has 0 aliphatic heterocycles. The third-order valence-electron chi connectivity index (χ3n) is 5.77. The van der Waals surface area contributed by atoms with E-state index in [-0.39, 0.29) is 12.5 Å². The van der Waals surface area contributed by atoms with Crippen LogP contribution in [-0.4, -0.2) is 32.7 Å². The SMILES string of the molecule is CCOC(=O)c1c(-c2ccc3c(c2)CCCC3)csc1NC(=O)c1cc(OC)cc(OC)c1. The second kappa shape index (κ2) is 10.1. The van der Waals surface area contributed by atoms with Crippen LogP contribution in [0, 0.1) is 0 Å². The van der Waals surface area contributed by atoms with E-state index in [4.69, 9.17) is 14.2 Å². The van der Waals surface area contributed by atoms with Gasteiger partial charge in [-0.15, -0.1) is 11.3 Å². The lowest BCUT2D eigenvalue weighted by molar-refractivity contribution is 0.0529. The molecule has 7 heteroatoms. The summed E-state index contributed by atoms with van der Waals surface area (Å²) in [5.74, 6) is 0.193. The van der Waals surface area contributed by atoms with Gasteiger partial charge in [-0.3, -0.25) is 4.79 Å². The Labute approximate surface area is 197 Å². The number of benzene rings is 2. The molecule has 2 aromatic carbocycles. The molecule has 1 amide bonds. The van der Waals surface area contributed by atoms with Crippen LogP contribution in [0.5, 0.6) is 11.5 Å². The molecule has 172 valence electrons. The fourth-order valence-corrected chi connectivity index (χ4v) is 5.04. The van der Waals surface area contributed by atoms with Gasteiger partial charge < -0.3 is 19.5 Å². The summed E-state index contributed by atoms with van der Waals surface area (Å²) in [4.78, 5) is 26.0. The number of esters is 1. The Morgan fingerprint density at radius 1 is 0.970 bits per heavy atom. The molecular weight excluding hydrogens is 438 g/mol. The van der Waals surface area contributed by atoms with Gasteiger partial charge in [0.25, 0.3) is 5.91 Å². The standard InChI is InChI=1S/C26H27NO5S/c1-4-32-26(29)23-22(18-10-9-16-7-5-6-8-17(16)11-18)15-33-25(23)27-24(28)19-12-20(30-2)14-21(13-19)31-3/h9-15H,4-8H2,1-3H3,(H,27,28). The molecule has 0 saturated carbocycles. The highest BCUT2D eigenvalue weighted by molar-refractivity contribution is 7.15. The minimum Gasteiger partial charge on any atom is -0.497 e. The molecule has 0 atom stereocenters. The second-order valence-electron chi connectivity index (χ2n) is 7.82. The molecule has 0 saturated heterocycles. The van der Waals surface area contributed by atoms with Gasteiger partial charge in [0.05, 0.1) is 20.8 Å². The van der Waals surface area contributed by atoms with Crippen molar-refractivity contribution in [1.82, 2.24) is 0 Å². The second-order valence-corrected chi connectivity index (χ2v) is 8.70. The highest BCUT2D eigenvalue weighted by Gasteiger charge is 2.24. The Bertz CT molecular complexity index is 1160. The van der Waals surface area contributed by atoms with E-state index >= 15 is 0 Å². The zero-order chi connectivity index (χ0) is 23.4. The third-order valence-corrected chi connectivity index (χ3v) is 6.67. The zero-order valence-electron chi connectivity index (χ0n) is 19.0. The van der Waals surface area contributed by atoms with Crippen molar-refractivity contribution >= 4 is 28.2 Å². The molecule has 1 aliphatic rings. The summed E-state index contributed by atoms with van der Waals surface area (Å²) in [6, 6.07) is 11.3. The Hall–Kier alpha value is -3.32. The van der Waals surface area contributed by atoms with E-state index in [0.717, 1.165) is 24.0 Å².